The van der Waals surface area contributed by atoms with Gasteiger partial charge in [-0.2, -0.15) is 0 Å². The highest BCUT2D eigenvalue weighted by Gasteiger charge is 2.11. The van der Waals surface area contributed by atoms with Crippen LogP contribution in [0.4, 0.5) is 0 Å². The highest BCUT2D eigenvalue weighted by molar-refractivity contribution is 5.86. The number of fused-ring (bicyclic) bond motifs is 1. The van der Waals surface area contributed by atoms with Crippen LogP contribution in [0.2, 0.25) is 0 Å². The molecule has 1 unspecified atom stereocenters. The number of carbonyl (C=O) groups excluding carboxylic acids is 1. The Morgan fingerprint density at radius 3 is 2.67 bits per heavy atom. The monoisotopic (exact) mass is 308 g/mol. The van der Waals surface area contributed by atoms with E-state index in [1.165, 1.54) is 5.39 Å². The predicted molar refractivity (Wildman–Crippen MR) is 87.5 cm³/mol. The van der Waals surface area contributed by atoms with Crippen molar-refractivity contribution in [2.75, 3.05) is 13.7 Å². The zero-order valence-electron chi connectivity index (χ0n) is 12.0. The number of hydrogen-bond donors (Lipinski definition) is 2. The van der Waals surface area contributed by atoms with Crippen LogP contribution < -0.4 is 11.1 Å². The minimum atomic E-state index is -0.220. The zero-order valence-corrected chi connectivity index (χ0v) is 12.9. The first-order valence-electron chi connectivity index (χ1n) is 6.70. The molecule has 2 rings (SSSR count). The lowest BCUT2D eigenvalue weighted by Gasteiger charge is -2.13. The first-order chi connectivity index (χ1) is 9.74. The third-order valence-corrected chi connectivity index (χ3v) is 3.37. The average Bonchev–Trinajstić information content (AvgIpc) is 2.50. The maximum absolute atomic E-state index is 11.8. The van der Waals surface area contributed by atoms with Crippen molar-refractivity contribution in [2.45, 2.75) is 19.1 Å². The van der Waals surface area contributed by atoms with Crippen LogP contribution in [0.1, 0.15) is 12.0 Å². The van der Waals surface area contributed by atoms with Crippen molar-refractivity contribution in [2.24, 2.45) is 5.73 Å². The number of rotatable bonds is 6. The molecule has 114 valence electrons. The van der Waals surface area contributed by atoms with Gasteiger partial charge < -0.3 is 15.8 Å². The Bertz CT molecular complexity index is 580. The Hall–Kier alpha value is -1.62. The maximum Gasteiger partial charge on any atom is 0.222 e. The molecule has 0 aromatic heterocycles. The van der Waals surface area contributed by atoms with E-state index in [0.29, 0.717) is 13.1 Å². The normalized spacial score (nSPS) is 11.7. The Morgan fingerprint density at radius 2 is 1.95 bits per heavy atom. The van der Waals surface area contributed by atoms with E-state index in [9.17, 15) is 4.79 Å². The third-order valence-electron chi connectivity index (χ3n) is 3.37. The molecule has 0 aliphatic heterocycles. The summed E-state index contributed by atoms with van der Waals surface area (Å²) in [5, 5.41) is 5.26. The van der Waals surface area contributed by atoms with Gasteiger partial charge in [-0.05, 0) is 16.3 Å². The lowest BCUT2D eigenvalue weighted by Crippen LogP contribution is -2.31. The number of benzene rings is 2. The van der Waals surface area contributed by atoms with Gasteiger partial charge in [0.15, 0.2) is 0 Å². The molecule has 21 heavy (non-hydrogen) atoms. The molecule has 0 saturated heterocycles. The summed E-state index contributed by atoms with van der Waals surface area (Å²) in [7, 11) is 1.56. The van der Waals surface area contributed by atoms with Crippen LogP contribution in [-0.4, -0.2) is 25.7 Å². The molecule has 0 aliphatic rings. The van der Waals surface area contributed by atoms with Gasteiger partial charge >= 0.3 is 0 Å². The molecule has 0 heterocycles. The average molecular weight is 309 g/mol. The first kappa shape index (κ1) is 17.4. The Kier molecular flexibility index (Phi) is 7.15. The van der Waals surface area contributed by atoms with Gasteiger partial charge in [-0.3, -0.25) is 4.79 Å². The minimum Gasteiger partial charge on any atom is -0.380 e. The van der Waals surface area contributed by atoms with E-state index in [2.05, 4.69) is 23.5 Å². The molecular formula is C16H21ClN2O2. The molecule has 4 nitrogen and oxygen atoms in total. The Labute approximate surface area is 131 Å². The van der Waals surface area contributed by atoms with E-state index in [1.54, 1.807) is 7.11 Å². The maximum atomic E-state index is 11.8. The van der Waals surface area contributed by atoms with Crippen LogP contribution in [0.3, 0.4) is 0 Å². The van der Waals surface area contributed by atoms with Crippen LogP contribution in [0.25, 0.3) is 10.8 Å². The van der Waals surface area contributed by atoms with Gasteiger partial charge in [-0.25, -0.2) is 0 Å². The fourth-order valence-corrected chi connectivity index (χ4v) is 2.18. The van der Waals surface area contributed by atoms with Gasteiger partial charge in [-0.15, -0.1) is 12.4 Å². The number of carbonyl (C=O) groups is 1. The molecule has 0 aliphatic carbocycles. The van der Waals surface area contributed by atoms with Gasteiger partial charge in [0.05, 0.1) is 12.5 Å². The van der Waals surface area contributed by atoms with Crippen molar-refractivity contribution in [1.29, 1.82) is 0 Å². The zero-order chi connectivity index (χ0) is 14.4. The SMILES string of the molecule is COC(CN)CC(=O)NCc1cccc2ccccc12.Cl. The van der Waals surface area contributed by atoms with Gasteiger partial charge in [0.2, 0.25) is 5.91 Å². The summed E-state index contributed by atoms with van der Waals surface area (Å²) in [6.45, 7) is 0.860. The predicted octanol–water partition coefficient (Wildman–Crippen LogP) is 2.24. The van der Waals surface area contributed by atoms with Gasteiger partial charge in [-0.1, -0.05) is 42.5 Å². The van der Waals surface area contributed by atoms with E-state index in [-0.39, 0.29) is 30.8 Å². The standard InChI is InChI=1S/C16H20N2O2.ClH/c1-20-14(10-17)9-16(19)18-11-13-7-4-6-12-5-2-3-8-15(12)13;/h2-8,14H,9-11,17H2,1H3,(H,18,19);1H. The molecule has 0 fully saturated rings. The van der Waals surface area contributed by atoms with E-state index < -0.39 is 0 Å². The first-order valence-corrected chi connectivity index (χ1v) is 6.70. The van der Waals surface area contributed by atoms with E-state index in [4.69, 9.17) is 10.5 Å². The van der Waals surface area contributed by atoms with Crippen LogP contribution >= 0.6 is 12.4 Å². The quantitative estimate of drug-likeness (QED) is 0.860. The molecule has 0 saturated carbocycles. The molecule has 2 aromatic rings. The topological polar surface area (TPSA) is 64.3 Å². The van der Waals surface area contributed by atoms with Crippen molar-refractivity contribution in [3.8, 4) is 0 Å². The lowest BCUT2D eigenvalue weighted by molar-refractivity contribution is -0.123. The van der Waals surface area contributed by atoms with Crippen LogP contribution in [0.5, 0.6) is 0 Å². The summed E-state index contributed by atoms with van der Waals surface area (Å²) in [6, 6.07) is 14.2. The van der Waals surface area contributed by atoms with Gasteiger partial charge in [0, 0.05) is 20.2 Å². The smallest absolute Gasteiger partial charge is 0.222 e. The van der Waals surface area contributed by atoms with E-state index >= 15 is 0 Å². The van der Waals surface area contributed by atoms with Crippen molar-refractivity contribution < 1.29 is 9.53 Å². The molecule has 1 amide bonds. The van der Waals surface area contributed by atoms with E-state index in [1.807, 2.05) is 24.3 Å². The molecule has 0 spiro atoms. The van der Waals surface area contributed by atoms with Crippen LogP contribution in [0.15, 0.2) is 42.5 Å². The Balaban J connectivity index is 0.00000220. The number of ether oxygens (including phenoxy) is 1. The summed E-state index contributed by atoms with van der Waals surface area (Å²) in [5.74, 6) is -0.0461. The number of halogens is 1. The van der Waals surface area contributed by atoms with Crippen molar-refractivity contribution in [3.05, 3.63) is 48.0 Å². The largest absolute Gasteiger partial charge is 0.380 e. The second-order valence-electron chi connectivity index (χ2n) is 4.71. The van der Waals surface area contributed by atoms with Crippen LogP contribution in [0, 0.1) is 0 Å². The summed E-state index contributed by atoms with van der Waals surface area (Å²) in [4.78, 5) is 11.8. The number of nitrogens with two attached hydrogens (primary N) is 1. The molecule has 5 heteroatoms. The molecule has 0 radical (unpaired) electrons. The highest BCUT2D eigenvalue weighted by atomic mass is 35.5. The number of hydrogen-bond acceptors (Lipinski definition) is 3. The summed E-state index contributed by atoms with van der Waals surface area (Å²) in [6.07, 6.45) is 0.0696. The molecule has 2 aromatic carbocycles. The van der Waals surface area contributed by atoms with Crippen molar-refractivity contribution >= 4 is 29.1 Å². The summed E-state index contributed by atoms with van der Waals surface area (Å²) in [5.41, 5.74) is 6.62. The third kappa shape index (κ3) is 4.70. The number of nitrogens with one attached hydrogen (secondary N) is 1. The highest BCUT2D eigenvalue weighted by Crippen LogP contribution is 2.18. The summed E-state index contributed by atoms with van der Waals surface area (Å²) >= 11 is 0. The number of amides is 1. The Morgan fingerprint density at radius 1 is 1.24 bits per heavy atom. The minimum absolute atomic E-state index is 0. The second-order valence-corrected chi connectivity index (χ2v) is 4.71. The fourth-order valence-electron chi connectivity index (χ4n) is 2.18. The molecular weight excluding hydrogens is 288 g/mol. The molecule has 3 N–H and O–H groups in total. The van der Waals surface area contributed by atoms with Crippen molar-refractivity contribution in [3.63, 3.8) is 0 Å². The molecule has 1 atom stereocenters. The van der Waals surface area contributed by atoms with Crippen LogP contribution in [-0.2, 0) is 16.1 Å². The van der Waals surface area contributed by atoms with Crippen molar-refractivity contribution in [1.82, 2.24) is 5.32 Å². The fraction of sp³-hybridized carbons (Fsp3) is 0.312. The lowest BCUT2D eigenvalue weighted by atomic mass is 10.0. The number of methoxy groups -OCH3 is 1. The van der Waals surface area contributed by atoms with Gasteiger partial charge in [0.25, 0.3) is 0 Å². The van der Waals surface area contributed by atoms with Gasteiger partial charge in [0.1, 0.15) is 0 Å². The van der Waals surface area contributed by atoms with E-state index in [0.717, 1.165) is 10.9 Å². The second kappa shape index (κ2) is 8.62. The molecule has 0 bridgehead atoms. The summed E-state index contributed by atoms with van der Waals surface area (Å²) < 4.78 is 5.11.